The molecule has 0 aliphatic carbocycles. The van der Waals surface area contributed by atoms with Gasteiger partial charge < -0.3 is 5.21 Å². The molecule has 1 N–H and O–H groups in total. The Labute approximate surface area is 81.0 Å². The fraction of sp³-hybridized carbons (Fsp3) is 0.200. The topological polar surface area (TPSA) is 23.5 Å². The zero-order valence-corrected chi connectivity index (χ0v) is 8.21. The maximum absolute atomic E-state index is 9.12. The molecular formula is C10H11NOS. The molecule has 0 atom stereocenters. The minimum absolute atomic E-state index is 0.587. The van der Waals surface area contributed by atoms with Crippen LogP contribution in [0.3, 0.4) is 0 Å². The lowest BCUT2D eigenvalue weighted by Crippen LogP contribution is -2.10. The Morgan fingerprint density at radius 1 is 1.38 bits per heavy atom. The van der Waals surface area contributed by atoms with E-state index in [1.807, 2.05) is 12.1 Å². The molecule has 2 nitrogen and oxygen atoms in total. The number of benzene rings is 1. The van der Waals surface area contributed by atoms with Crippen LogP contribution in [-0.2, 0) is 6.54 Å². The summed E-state index contributed by atoms with van der Waals surface area (Å²) in [5.41, 5.74) is 1.19. The first-order chi connectivity index (χ1) is 6.27. The highest BCUT2D eigenvalue weighted by atomic mass is 32.1. The van der Waals surface area contributed by atoms with Crippen LogP contribution in [0.1, 0.15) is 5.56 Å². The van der Waals surface area contributed by atoms with Crippen molar-refractivity contribution < 1.29 is 5.21 Å². The van der Waals surface area contributed by atoms with E-state index in [2.05, 4.69) is 17.5 Å². The molecule has 0 bridgehead atoms. The van der Waals surface area contributed by atoms with E-state index in [0.717, 1.165) is 0 Å². The van der Waals surface area contributed by atoms with Gasteiger partial charge in [-0.2, -0.15) is 5.06 Å². The first-order valence-electron chi connectivity index (χ1n) is 4.12. The zero-order valence-electron chi connectivity index (χ0n) is 7.40. The van der Waals surface area contributed by atoms with Crippen LogP contribution < -0.4 is 0 Å². The van der Waals surface area contributed by atoms with E-state index in [4.69, 9.17) is 5.21 Å². The molecule has 2 rings (SSSR count). The second-order valence-corrected chi connectivity index (χ2v) is 3.98. The average Bonchev–Trinajstić information content (AvgIpc) is 2.48. The SMILES string of the molecule is CN(O)Cc1csc2ccccc12. The number of hydroxylamine groups is 2. The quantitative estimate of drug-likeness (QED) is 0.741. The highest BCUT2D eigenvalue weighted by Crippen LogP contribution is 2.25. The molecule has 1 aromatic heterocycles. The molecule has 1 heterocycles. The van der Waals surface area contributed by atoms with Gasteiger partial charge in [-0.25, -0.2) is 0 Å². The van der Waals surface area contributed by atoms with Crippen molar-refractivity contribution in [2.45, 2.75) is 6.54 Å². The minimum Gasteiger partial charge on any atom is -0.314 e. The summed E-state index contributed by atoms with van der Waals surface area (Å²) in [7, 11) is 1.66. The number of nitrogens with zero attached hydrogens (tertiary/aromatic N) is 1. The smallest absolute Gasteiger partial charge is 0.0499 e. The van der Waals surface area contributed by atoms with E-state index >= 15 is 0 Å². The lowest BCUT2D eigenvalue weighted by Gasteiger charge is -2.05. The van der Waals surface area contributed by atoms with Crippen molar-refractivity contribution >= 4 is 21.4 Å². The Kier molecular flexibility index (Phi) is 2.31. The summed E-state index contributed by atoms with van der Waals surface area (Å²) in [5, 5.41) is 13.7. The third kappa shape index (κ3) is 1.72. The van der Waals surface area contributed by atoms with Crippen LogP contribution in [0.2, 0.25) is 0 Å². The van der Waals surface area contributed by atoms with Crippen LogP contribution in [0.4, 0.5) is 0 Å². The summed E-state index contributed by atoms with van der Waals surface area (Å²) in [6, 6.07) is 8.24. The Bertz CT molecular complexity index is 408. The van der Waals surface area contributed by atoms with E-state index in [9.17, 15) is 0 Å². The van der Waals surface area contributed by atoms with Gasteiger partial charge in [0.25, 0.3) is 0 Å². The van der Waals surface area contributed by atoms with Gasteiger partial charge in [0, 0.05) is 18.3 Å². The van der Waals surface area contributed by atoms with Gasteiger partial charge in [0.1, 0.15) is 0 Å². The number of hydrogen-bond donors (Lipinski definition) is 1. The van der Waals surface area contributed by atoms with Gasteiger partial charge in [0.15, 0.2) is 0 Å². The van der Waals surface area contributed by atoms with Crippen molar-refractivity contribution in [3.63, 3.8) is 0 Å². The van der Waals surface area contributed by atoms with Crippen molar-refractivity contribution in [2.24, 2.45) is 0 Å². The second kappa shape index (κ2) is 3.46. The monoisotopic (exact) mass is 193 g/mol. The molecule has 3 heteroatoms. The number of hydrogen-bond acceptors (Lipinski definition) is 3. The summed E-state index contributed by atoms with van der Waals surface area (Å²) >= 11 is 1.72. The third-order valence-corrected chi connectivity index (χ3v) is 2.97. The van der Waals surface area contributed by atoms with Crippen molar-refractivity contribution in [1.82, 2.24) is 5.06 Å². The average molecular weight is 193 g/mol. The minimum atomic E-state index is 0.587. The lowest BCUT2D eigenvalue weighted by molar-refractivity contribution is -0.0727. The van der Waals surface area contributed by atoms with Crippen molar-refractivity contribution in [3.8, 4) is 0 Å². The molecule has 0 radical (unpaired) electrons. The van der Waals surface area contributed by atoms with E-state index in [1.54, 1.807) is 18.4 Å². The Hall–Kier alpha value is -0.900. The number of rotatable bonds is 2. The van der Waals surface area contributed by atoms with Crippen LogP contribution >= 0.6 is 11.3 Å². The molecule has 13 heavy (non-hydrogen) atoms. The van der Waals surface area contributed by atoms with Gasteiger partial charge >= 0.3 is 0 Å². The van der Waals surface area contributed by atoms with Gasteiger partial charge in [0.05, 0.1) is 0 Å². The summed E-state index contributed by atoms with van der Waals surface area (Å²) < 4.78 is 1.28. The number of thiophene rings is 1. The summed E-state index contributed by atoms with van der Waals surface area (Å²) in [6.45, 7) is 0.587. The van der Waals surface area contributed by atoms with E-state index < -0.39 is 0 Å². The van der Waals surface area contributed by atoms with Crippen LogP contribution in [0, 0.1) is 0 Å². The normalized spacial score (nSPS) is 11.3. The summed E-state index contributed by atoms with van der Waals surface area (Å²) in [6.07, 6.45) is 0. The van der Waals surface area contributed by atoms with Crippen LogP contribution in [0.15, 0.2) is 29.6 Å². The van der Waals surface area contributed by atoms with Crippen molar-refractivity contribution in [1.29, 1.82) is 0 Å². The maximum atomic E-state index is 9.12. The lowest BCUT2D eigenvalue weighted by atomic mass is 10.2. The first-order valence-corrected chi connectivity index (χ1v) is 5.00. The molecule has 0 spiro atoms. The van der Waals surface area contributed by atoms with Gasteiger partial charge in [-0.1, -0.05) is 18.2 Å². The van der Waals surface area contributed by atoms with Crippen LogP contribution in [0.5, 0.6) is 0 Å². The fourth-order valence-corrected chi connectivity index (χ4v) is 2.36. The van der Waals surface area contributed by atoms with E-state index in [-0.39, 0.29) is 0 Å². The molecular weight excluding hydrogens is 182 g/mol. The van der Waals surface area contributed by atoms with Crippen molar-refractivity contribution in [3.05, 3.63) is 35.2 Å². The molecule has 0 saturated carbocycles. The zero-order chi connectivity index (χ0) is 9.26. The van der Waals surface area contributed by atoms with Gasteiger partial charge in [-0.15, -0.1) is 11.3 Å². The Morgan fingerprint density at radius 3 is 2.92 bits per heavy atom. The second-order valence-electron chi connectivity index (χ2n) is 3.07. The molecule has 1 aromatic carbocycles. The molecule has 0 aliphatic heterocycles. The Balaban J connectivity index is 2.46. The highest BCUT2D eigenvalue weighted by molar-refractivity contribution is 7.17. The molecule has 0 amide bonds. The maximum Gasteiger partial charge on any atom is 0.0499 e. The van der Waals surface area contributed by atoms with Gasteiger partial charge in [-0.3, -0.25) is 0 Å². The molecule has 0 aliphatic rings. The van der Waals surface area contributed by atoms with Crippen LogP contribution in [0.25, 0.3) is 10.1 Å². The predicted molar refractivity (Wildman–Crippen MR) is 55.1 cm³/mol. The van der Waals surface area contributed by atoms with E-state index in [1.165, 1.54) is 20.7 Å². The summed E-state index contributed by atoms with van der Waals surface area (Å²) in [5.74, 6) is 0. The standard InChI is InChI=1S/C10H11NOS/c1-11(12)6-8-7-13-10-5-3-2-4-9(8)10/h2-5,7,12H,6H2,1H3. The molecule has 68 valence electrons. The van der Waals surface area contributed by atoms with Crippen molar-refractivity contribution in [2.75, 3.05) is 7.05 Å². The molecule has 0 fully saturated rings. The summed E-state index contributed by atoms with van der Waals surface area (Å²) in [4.78, 5) is 0. The fourth-order valence-electron chi connectivity index (χ4n) is 1.40. The van der Waals surface area contributed by atoms with Crippen LogP contribution in [-0.4, -0.2) is 17.3 Å². The van der Waals surface area contributed by atoms with Gasteiger partial charge in [-0.05, 0) is 22.4 Å². The molecule has 0 saturated heterocycles. The molecule has 2 aromatic rings. The van der Waals surface area contributed by atoms with Gasteiger partial charge in [0.2, 0.25) is 0 Å². The predicted octanol–water partition coefficient (Wildman–Crippen LogP) is 2.72. The van der Waals surface area contributed by atoms with E-state index in [0.29, 0.717) is 6.54 Å². The third-order valence-electron chi connectivity index (χ3n) is 1.96. The largest absolute Gasteiger partial charge is 0.314 e. The first kappa shape index (κ1) is 8.69. The highest BCUT2D eigenvalue weighted by Gasteiger charge is 2.03. The Morgan fingerprint density at radius 2 is 2.15 bits per heavy atom. The number of fused-ring (bicyclic) bond motifs is 1. The molecule has 0 unspecified atom stereocenters.